The maximum Gasteiger partial charge on any atom is 0.326 e. The highest BCUT2D eigenvalue weighted by Gasteiger charge is 2.33. The number of aromatic amines is 1. The number of benzene rings is 1. The Labute approximate surface area is 201 Å². The summed E-state index contributed by atoms with van der Waals surface area (Å²) in [5, 5.41) is 16.4. The van der Waals surface area contributed by atoms with Gasteiger partial charge in [0.05, 0.1) is 0 Å². The summed E-state index contributed by atoms with van der Waals surface area (Å²) >= 11 is 0. The third-order valence-corrected chi connectivity index (χ3v) is 6.80. The van der Waals surface area contributed by atoms with Gasteiger partial charge in [-0.05, 0) is 64.0 Å². The van der Waals surface area contributed by atoms with Crippen LogP contribution in [0.1, 0.15) is 64.6 Å². The molecule has 0 spiro atoms. The number of H-pyrrole nitrogens is 1. The Balaban J connectivity index is 1.76. The van der Waals surface area contributed by atoms with Gasteiger partial charge in [0.2, 0.25) is 5.91 Å². The molecule has 186 valence electrons. The second-order valence-electron chi connectivity index (χ2n) is 10.0. The van der Waals surface area contributed by atoms with E-state index in [0.29, 0.717) is 6.42 Å². The number of carboxylic acid groups (broad SMARTS) is 1. The highest BCUT2D eigenvalue weighted by atomic mass is 16.4. The largest absolute Gasteiger partial charge is 0.480 e. The third-order valence-electron chi connectivity index (χ3n) is 6.80. The van der Waals surface area contributed by atoms with Gasteiger partial charge in [-0.25, -0.2) is 9.59 Å². The number of fused-ring (bicyclic) bond motifs is 1. The first-order chi connectivity index (χ1) is 16.1. The molecular weight excluding hydrogens is 432 g/mol. The van der Waals surface area contributed by atoms with E-state index in [1.54, 1.807) is 0 Å². The number of hydrogen-bond donors (Lipinski definition) is 4. The summed E-state index contributed by atoms with van der Waals surface area (Å²) in [6.07, 6.45) is 3.52. The molecule has 1 aromatic heterocycles. The first-order valence-corrected chi connectivity index (χ1v) is 12.3. The van der Waals surface area contributed by atoms with Crippen LogP contribution in [0, 0.1) is 12.8 Å². The van der Waals surface area contributed by atoms with Crippen LogP contribution in [-0.4, -0.2) is 57.1 Å². The van der Waals surface area contributed by atoms with Gasteiger partial charge in [0.25, 0.3) is 0 Å². The normalized spacial score (nSPS) is 20.2. The number of aryl methyl sites for hydroxylation is 1. The van der Waals surface area contributed by atoms with Gasteiger partial charge in [-0.3, -0.25) is 4.79 Å². The second-order valence-corrected chi connectivity index (χ2v) is 10.0. The summed E-state index contributed by atoms with van der Waals surface area (Å²) < 4.78 is 0. The number of carbonyl (C=O) groups excluding carboxylic acids is 2. The number of carboxylic acids is 1. The van der Waals surface area contributed by atoms with E-state index >= 15 is 0 Å². The van der Waals surface area contributed by atoms with Gasteiger partial charge in [0, 0.05) is 35.1 Å². The summed E-state index contributed by atoms with van der Waals surface area (Å²) in [5.41, 5.74) is 2.67. The molecular formula is C26H38N4O4. The lowest BCUT2D eigenvalue weighted by Crippen LogP contribution is -2.58. The molecule has 1 fully saturated rings. The fourth-order valence-electron chi connectivity index (χ4n) is 5.02. The molecule has 1 aromatic carbocycles. The highest BCUT2D eigenvalue weighted by Crippen LogP contribution is 2.24. The molecule has 1 aliphatic rings. The SMILES string of the molecule is Cc1[nH]c2ccccc2c1C[C@@H](NC(=O)[C@H](CC(C)C)NC(=O)N1[C@H](C)CCC[C@@H]1C)C(=O)O. The first kappa shape index (κ1) is 25.6. The summed E-state index contributed by atoms with van der Waals surface area (Å²) in [7, 11) is 0. The highest BCUT2D eigenvalue weighted by molar-refractivity contribution is 5.91. The summed E-state index contributed by atoms with van der Waals surface area (Å²) in [6.45, 7) is 9.90. The van der Waals surface area contributed by atoms with Gasteiger partial charge in [0.1, 0.15) is 12.1 Å². The molecule has 3 amide bonds. The van der Waals surface area contributed by atoms with Crippen LogP contribution in [0.3, 0.4) is 0 Å². The molecule has 0 bridgehead atoms. The molecule has 34 heavy (non-hydrogen) atoms. The minimum Gasteiger partial charge on any atom is -0.480 e. The molecule has 0 radical (unpaired) electrons. The smallest absolute Gasteiger partial charge is 0.326 e. The molecule has 8 nitrogen and oxygen atoms in total. The zero-order chi connectivity index (χ0) is 25.0. The maximum atomic E-state index is 13.2. The minimum absolute atomic E-state index is 0.100. The van der Waals surface area contributed by atoms with Crippen molar-refractivity contribution in [2.45, 2.75) is 90.9 Å². The number of likely N-dealkylation sites (tertiary alicyclic amines) is 1. The van der Waals surface area contributed by atoms with Crippen molar-refractivity contribution < 1.29 is 19.5 Å². The third kappa shape index (κ3) is 5.90. The number of aromatic nitrogens is 1. The Morgan fingerprint density at radius 2 is 1.74 bits per heavy atom. The number of nitrogens with one attached hydrogen (secondary N) is 3. The molecule has 0 unspecified atom stereocenters. The number of carbonyl (C=O) groups is 3. The molecule has 1 aliphatic heterocycles. The van der Waals surface area contributed by atoms with Crippen LogP contribution in [0.25, 0.3) is 10.9 Å². The number of urea groups is 1. The quantitative estimate of drug-likeness (QED) is 0.467. The predicted octanol–water partition coefficient (Wildman–Crippen LogP) is 3.98. The fourth-order valence-corrected chi connectivity index (χ4v) is 5.02. The van der Waals surface area contributed by atoms with Gasteiger partial charge in [-0.1, -0.05) is 32.0 Å². The van der Waals surface area contributed by atoms with Crippen LogP contribution in [0.2, 0.25) is 0 Å². The van der Waals surface area contributed by atoms with Crippen LogP contribution < -0.4 is 10.6 Å². The molecule has 0 saturated carbocycles. The Morgan fingerprint density at radius 1 is 1.09 bits per heavy atom. The van der Waals surface area contributed by atoms with Gasteiger partial charge in [0.15, 0.2) is 0 Å². The van der Waals surface area contributed by atoms with Gasteiger partial charge < -0.3 is 25.6 Å². The molecule has 3 rings (SSSR count). The molecule has 1 saturated heterocycles. The van der Waals surface area contributed by atoms with Crippen molar-refractivity contribution in [1.82, 2.24) is 20.5 Å². The molecule has 8 heteroatoms. The van der Waals surface area contributed by atoms with E-state index < -0.39 is 24.0 Å². The molecule has 2 heterocycles. The lowest BCUT2D eigenvalue weighted by atomic mass is 9.97. The Morgan fingerprint density at radius 3 is 2.35 bits per heavy atom. The van der Waals surface area contributed by atoms with Crippen molar-refractivity contribution in [3.8, 4) is 0 Å². The van der Waals surface area contributed by atoms with E-state index in [4.69, 9.17) is 0 Å². The molecule has 2 aromatic rings. The number of hydrogen-bond acceptors (Lipinski definition) is 3. The monoisotopic (exact) mass is 470 g/mol. The van der Waals surface area contributed by atoms with Gasteiger partial charge >= 0.3 is 12.0 Å². The van der Waals surface area contributed by atoms with Gasteiger partial charge in [-0.15, -0.1) is 0 Å². The van der Waals surface area contributed by atoms with Crippen molar-refractivity contribution in [2.24, 2.45) is 5.92 Å². The second kappa shape index (κ2) is 10.9. The number of piperidine rings is 1. The Bertz CT molecular complexity index is 1020. The average Bonchev–Trinajstić information content (AvgIpc) is 3.07. The fraction of sp³-hybridized carbons (Fsp3) is 0.577. The van der Waals surface area contributed by atoms with Crippen molar-refractivity contribution in [3.63, 3.8) is 0 Å². The summed E-state index contributed by atoms with van der Waals surface area (Å²) in [5.74, 6) is -1.43. The lowest BCUT2D eigenvalue weighted by molar-refractivity contribution is -0.142. The van der Waals surface area contributed by atoms with E-state index in [0.717, 1.165) is 41.4 Å². The van der Waals surface area contributed by atoms with Crippen LogP contribution in [-0.2, 0) is 16.0 Å². The van der Waals surface area contributed by atoms with E-state index in [1.165, 1.54) is 0 Å². The van der Waals surface area contributed by atoms with E-state index in [9.17, 15) is 19.5 Å². The van der Waals surface area contributed by atoms with Crippen molar-refractivity contribution in [2.75, 3.05) is 0 Å². The van der Waals surface area contributed by atoms with E-state index in [-0.39, 0.29) is 30.5 Å². The Hall–Kier alpha value is -3.03. The predicted molar refractivity (Wildman–Crippen MR) is 133 cm³/mol. The Kier molecular flexibility index (Phi) is 8.23. The lowest BCUT2D eigenvalue weighted by Gasteiger charge is -2.39. The minimum atomic E-state index is -1.11. The molecule has 4 atom stereocenters. The standard InChI is InChI=1S/C26H38N4O4/c1-15(2)13-22(29-26(34)30-16(3)9-8-10-17(30)4)24(31)28-23(25(32)33)14-20-18(5)27-21-12-7-6-11-19(20)21/h6-7,11-12,15-17,22-23,27H,8-10,13-14H2,1-5H3,(H,28,31)(H,29,34)(H,32,33)/t16-,17+,22-,23+/m0/s1. The molecule has 0 aliphatic carbocycles. The topological polar surface area (TPSA) is 115 Å². The number of para-hydroxylation sites is 1. The summed E-state index contributed by atoms with van der Waals surface area (Å²) in [4.78, 5) is 43.5. The van der Waals surface area contributed by atoms with Crippen molar-refractivity contribution in [3.05, 3.63) is 35.5 Å². The average molecular weight is 471 g/mol. The van der Waals surface area contributed by atoms with Crippen molar-refractivity contribution >= 4 is 28.8 Å². The number of nitrogens with zero attached hydrogens (tertiary/aromatic N) is 1. The number of rotatable bonds is 8. The number of aliphatic carboxylic acids is 1. The van der Waals surface area contributed by atoms with Crippen LogP contribution in [0.4, 0.5) is 4.79 Å². The van der Waals surface area contributed by atoms with Crippen LogP contribution in [0.15, 0.2) is 24.3 Å². The maximum absolute atomic E-state index is 13.2. The van der Waals surface area contributed by atoms with Crippen molar-refractivity contribution in [1.29, 1.82) is 0 Å². The van der Waals surface area contributed by atoms with Gasteiger partial charge in [-0.2, -0.15) is 0 Å². The first-order valence-electron chi connectivity index (χ1n) is 12.3. The number of amides is 3. The zero-order valence-electron chi connectivity index (χ0n) is 20.9. The zero-order valence-corrected chi connectivity index (χ0v) is 20.9. The van der Waals surface area contributed by atoms with E-state index in [1.807, 2.05) is 63.8 Å². The van der Waals surface area contributed by atoms with Crippen LogP contribution >= 0.6 is 0 Å². The van der Waals surface area contributed by atoms with Crippen LogP contribution in [0.5, 0.6) is 0 Å². The molecule has 4 N–H and O–H groups in total. The summed E-state index contributed by atoms with van der Waals surface area (Å²) in [6, 6.07) is 5.73. The van der Waals surface area contributed by atoms with E-state index in [2.05, 4.69) is 15.6 Å².